The van der Waals surface area contributed by atoms with Crippen molar-refractivity contribution in [2.24, 2.45) is 0 Å². The van der Waals surface area contributed by atoms with Gasteiger partial charge in [-0.05, 0) is 36.9 Å². The number of para-hydroxylation sites is 1. The van der Waals surface area contributed by atoms with Gasteiger partial charge in [-0.25, -0.2) is 9.97 Å². The highest BCUT2D eigenvalue weighted by molar-refractivity contribution is 7.99. The normalized spacial score (nSPS) is 9.88. The van der Waals surface area contributed by atoms with E-state index in [-0.39, 0.29) is 0 Å². The molecule has 2 rings (SSSR count). The van der Waals surface area contributed by atoms with Crippen molar-refractivity contribution >= 4 is 17.4 Å². The summed E-state index contributed by atoms with van der Waals surface area (Å²) < 4.78 is 0. The predicted molar refractivity (Wildman–Crippen MR) is 66.5 cm³/mol. The zero-order valence-electron chi connectivity index (χ0n) is 9.21. The summed E-state index contributed by atoms with van der Waals surface area (Å²) in [6.07, 6.45) is 1.70. The van der Waals surface area contributed by atoms with Gasteiger partial charge in [0.1, 0.15) is 6.07 Å². The lowest BCUT2D eigenvalue weighted by Gasteiger charge is -2.05. The summed E-state index contributed by atoms with van der Waals surface area (Å²) in [5.41, 5.74) is 7.73. The quantitative estimate of drug-likeness (QED) is 0.646. The molecular formula is C12H10N4S. The summed E-state index contributed by atoms with van der Waals surface area (Å²) in [6.45, 7) is 1.90. The van der Waals surface area contributed by atoms with Crippen LogP contribution in [0.2, 0.25) is 0 Å². The minimum Gasteiger partial charge on any atom is -0.397 e. The summed E-state index contributed by atoms with van der Waals surface area (Å²) in [5, 5.41) is 9.51. The topological polar surface area (TPSA) is 75.6 Å². The molecule has 0 atom stereocenters. The second-order valence-electron chi connectivity index (χ2n) is 3.41. The van der Waals surface area contributed by atoms with Gasteiger partial charge in [-0.3, -0.25) is 0 Å². The minimum absolute atomic E-state index is 0.475. The van der Waals surface area contributed by atoms with Crippen molar-refractivity contribution in [2.45, 2.75) is 17.0 Å². The Morgan fingerprint density at radius 3 is 2.88 bits per heavy atom. The number of benzene rings is 1. The van der Waals surface area contributed by atoms with Gasteiger partial charge in [-0.1, -0.05) is 6.07 Å². The molecule has 0 saturated carbocycles. The first-order valence-electron chi connectivity index (χ1n) is 4.97. The standard InChI is InChI=1S/C12H10N4S/c1-8-5-6-15-12(16-8)17-10-4-2-3-9(7-13)11(10)14/h2-6H,14H2,1H3. The van der Waals surface area contributed by atoms with Crippen LogP contribution < -0.4 is 5.73 Å². The fourth-order valence-corrected chi connectivity index (χ4v) is 2.17. The van der Waals surface area contributed by atoms with Crippen molar-refractivity contribution in [1.82, 2.24) is 9.97 Å². The van der Waals surface area contributed by atoms with Crippen LogP contribution in [-0.2, 0) is 0 Å². The van der Waals surface area contributed by atoms with Gasteiger partial charge in [-0.15, -0.1) is 0 Å². The fourth-order valence-electron chi connectivity index (χ4n) is 1.30. The van der Waals surface area contributed by atoms with Gasteiger partial charge >= 0.3 is 0 Å². The van der Waals surface area contributed by atoms with Crippen molar-refractivity contribution in [1.29, 1.82) is 5.26 Å². The molecule has 1 aromatic heterocycles. The zero-order chi connectivity index (χ0) is 12.3. The number of nitrogens with zero attached hydrogens (tertiary/aromatic N) is 3. The Morgan fingerprint density at radius 1 is 1.35 bits per heavy atom. The Kier molecular flexibility index (Phi) is 3.26. The molecule has 1 aromatic carbocycles. The first-order valence-corrected chi connectivity index (χ1v) is 5.78. The van der Waals surface area contributed by atoms with Crippen LogP contribution in [0.5, 0.6) is 0 Å². The van der Waals surface area contributed by atoms with E-state index in [1.54, 1.807) is 18.3 Å². The maximum Gasteiger partial charge on any atom is 0.192 e. The monoisotopic (exact) mass is 242 g/mol. The van der Waals surface area contributed by atoms with Gasteiger partial charge in [0.05, 0.1) is 11.3 Å². The van der Waals surface area contributed by atoms with Crippen LogP contribution in [0.3, 0.4) is 0 Å². The average Bonchev–Trinajstić information content (AvgIpc) is 2.32. The second kappa shape index (κ2) is 4.85. The molecule has 0 amide bonds. The molecule has 4 nitrogen and oxygen atoms in total. The van der Waals surface area contributed by atoms with E-state index in [9.17, 15) is 0 Å². The van der Waals surface area contributed by atoms with E-state index in [2.05, 4.69) is 16.0 Å². The largest absolute Gasteiger partial charge is 0.397 e. The highest BCUT2D eigenvalue weighted by Gasteiger charge is 2.07. The molecule has 0 bridgehead atoms. The van der Waals surface area contributed by atoms with Crippen LogP contribution in [-0.4, -0.2) is 9.97 Å². The molecule has 0 fully saturated rings. The van der Waals surface area contributed by atoms with E-state index in [0.717, 1.165) is 10.6 Å². The third-order valence-corrected chi connectivity index (χ3v) is 3.12. The van der Waals surface area contributed by atoms with E-state index in [1.165, 1.54) is 11.8 Å². The minimum atomic E-state index is 0.475. The SMILES string of the molecule is Cc1ccnc(Sc2cccc(C#N)c2N)n1. The van der Waals surface area contributed by atoms with Crippen LogP contribution in [0.1, 0.15) is 11.3 Å². The Labute approximate surface area is 104 Å². The Morgan fingerprint density at radius 2 is 2.18 bits per heavy atom. The number of aryl methyl sites for hydroxylation is 1. The summed E-state index contributed by atoms with van der Waals surface area (Å²) in [7, 11) is 0. The van der Waals surface area contributed by atoms with Crippen LogP contribution in [0.25, 0.3) is 0 Å². The van der Waals surface area contributed by atoms with E-state index in [1.807, 2.05) is 19.1 Å². The van der Waals surface area contributed by atoms with Gasteiger partial charge < -0.3 is 5.73 Å². The molecule has 2 aromatic rings. The van der Waals surface area contributed by atoms with Gasteiger partial charge in [0.2, 0.25) is 0 Å². The number of hydrogen-bond acceptors (Lipinski definition) is 5. The molecule has 0 saturated heterocycles. The smallest absolute Gasteiger partial charge is 0.192 e. The van der Waals surface area contributed by atoms with Gasteiger partial charge in [-0.2, -0.15) is 5.26 Å². The first kappa shape index (κ1) is 11.4. The van der Waals surface area contributed by atoms with Gasteiger partial charge in [0.25, 0.3) is 0 Å². The third kappa shape index (κ3) is 2.55. The Hall–Kier alpha value is -2.06. The molecule has 17 heavy (non-hydrogen) atoms. The molecule has 0 aliphatic carbocycles. The van der Waals surface area contributed by atoms with Crippen molar-refractivity contribution in [3.63, 3.8) is 0 Å². The summed E-state index contributed by atoms with van der Waals surface area (Å²) in [4.78, 5) is 9.22. The Balaban J connectivity index is 2.34. The van der Waals surface area contributed by atoms with E-state index in [0.29, 0.717) is 16.4 Å². The molecule has 5 heteroatoms. The number of nitrogen functional groups attached to an aromatic ring is 1. The van der Waals surface area contributed by atoms with Crippen molar-refractivity contribution < 1.29 is 0 Å². The molecule has 0 aliphatic rings. The molecule has 0 radical (unpaired) electrons. The number of anilines is 1. The van der Waals surface area contributed by atoms with Crippen LogP contribution >= 0.6 is 11.8 Å². The zero-order valence-corrected chi connectivity index (χ0v) is 10.0. The van der Waals surface area contributed by atoms with E-state index in [4.69, 9.17) is 11.0 Å². The molecule has 0 spiro atoms. The number of hydrogen-bond donors (Lipinski definition) is 1. The third-order valence-electron chi connectivity index (χ3n) is 2.16. The highest BCUT2D eigenvalue weighted by atomic mass is 32.2. The summed E-state index contributed by atoms with van der Waals surface area (Å²) in [5.74, 6) is 0. The van der Waals surface area contributed by atoms with Crippen molar-refractivity contribution in [2.75, 3.05) is 5.73 Å². The molecule has 0 aliphatic heterocycles. The molecular weight excluding hydrogens is 232 g/mol. The number of aromatic nitrogens is 2. The van der Waals surface area contributed by atoms with Crippen LogP contribution in [0, 0.1) is 18.3 Å². The Bertz CT molecular complexity index is 589. The first-order chi connectivity index (χ1) is 8.20. The molecule has 1 heterocycles. The average molecular weight is 242 g/mol. The lowest BCUT2D eigenvalue weighted by atomic mass is 10.2. The highest BCUT2D eigenvalue weighted by Crippen LogP contribution is 2.31. The van der Waals surface area contributed by atoms with Gasteiger partial charge in [0, 0.05) is 16.8 Å². The fraction of sp³-hybridized carbons (Fsp3) is 0.0833. The number of nitriles is 1. The number of rotatable bonds is 2. The summed E-state index contributed by atoms with van der Waals surface area (Å²) >= 11 is 1.36. The molecule has 84 valence electrons. The van der Waals surface area contributed by atoms with Crippen molar-refractivity contribution in [3.05, 3.63) is 41.7 Å². The van der Waals surface area contributed by atoms with Crippen molar-refractivity contribution in [3.8, 4) is 6.07 Å². The van der Waals surface area contributed by atoms with Crippen LogP contribution in [0.15, 0.2) is 40.5 Å². The predicted octanol–water partition coefficient (Wildman–Crippen LogP) is 2.39. The lowest BCUT2D eigenvalue weighted by Crippen LogP contribution is -1.94. The molecule has 2 N–H and O–H groups in total. The van der Waals surface area contributed by atoms with E-state index >= 15 is 0 Å². The maximum atomic E-state index is 8.88. The molecule has 0 unspecified atom stereocenters. The van der Waals surface area contributed by atoms with E-state index < -0.39 is 0 Å². The number of nitrogens with two attached hydrogens (primary N) is 1. The maximum absolute atomic E-state index is 8.88. The second-order valence-corrected chi connectivity index (χ2v) is 4.42. The van der Waals surface area contributed by atoms with Gasteiger partial charge in [0.15, 0.2) is 5.16 Å². The van der Waals surface area contributed by atoms with Crippen LogP contribution in [0.4, 0.5) is 5.69 Å². The summed E-state index contributed by atoms with van der Waals surface area (Å²) in [6, 6.07) is 9.23. The lowest BCUT2D eigenvalue weighted by molar-refractivity contribution is 0.932.